The number of rotatable bonds is 31. The number of carboxylic acid groups (broad SMARTS) is 1. The normalized spacial score (nSPS) is 14.8. The van der Waals surface area contributed by atoms with Crippen molar-refractivity contribution in [2.24, 2.45) is 5.73 Å². The van der Waals surface area contributed by atoms with Crippen LogP contribution in [0.4, 0.5) is 0 Å². The molecular weight excluding hydrogens is 585 g/mol. The molecule has 10 nitrogen and oxygen atoms in total. The number of carbonyl (C=O) groups excluding carboxylic acids is 1. The zero-order chi connectivity index (χ0) is 32.7. The van der Waals surface area contributed by atoms with E-state index in [4.69, 9.17) is 24.8 Å². The lowest BCUT2D eigenvalue weighted by Gasteiger charge is -2.20. The highest BCUT2D eigenvalue weighted by Gasteiger charge is 2.27. The van der Waals surface area contributed by atoms with Crippen molar-refractivity contribution in [1.82, 2.24) is 0 Å². The summed E-state index contributed by atoms with van der Waals surface area (Å²) in [7, 11) is -4.61. The van der Waals surface area contributed by atoms with Gasteiger partial charge in [-0.15, -0.1) is 0 Å². The van der Waals surface area contributed by atoms with Crippen LogP contribution in [0.2, 0.25) is 0 Å². The number of allylic oxidation sites excluding steroid dienone is 6. The molecule has 0 radical (unpaired) electrons. The highest BCUT2D eigenvalue weighted by Crippen LogP contribution is 2.43. The van der Waals surface area contributed by atoms with Gasteiger partial charge in [0, 0.05) is 13.0 Å². The molecule has 0 aliphatic carbocycles. The van der Waals surface area contributed by atoms with Gasteiger partial charge in [-0.1, -0.05) is 108 Å². The third-order valence-electron chi connectivity index (χ3n) is 6.68. The Hall–Kier alpha value is -1.81. The van der Waals surface area contributed by atoms with Gasteiger partial charge in [0.2, 0.25) is 0 Å². The first kappa shape index (κ1) is 42.2. The molecule has 256 valence electrons. The van der Waals surface area contributed by atoms with Crippen molar-refractivity contribution in [1.29, 1.82) is 0 Å². The SMILES string of the molecule is CC/C=C\C/C=C\C/C=C\CCCCCC(=O)OC(COCCCCCCCCCCC)COP(=O)(O)OCC(N)C(=O)O. The number of unbranched alkanes of at least 4 members (excludes halogenated alkanes) is 11. The monoisotopic (exact) mass is 645 g/mol. The van der Waals surface area contributed by atoms with Crippen LogP contribution in [0.5, 0.6) is 0 Å². The summed E-state index contributed by atoms with van der Waals surface area (Å²) in [5, 5.41) is 8.82. The number of ether oxygens (including phenoxy) is 2. The van der Waals surface area contributed by atoms with Crippen molar-refractivity contribution in [2.75, 3.05) is 26.4 Å². The molecule has 0 heterocycles. The van der Waals surface area contributed by atoms with E-state index < -0.39 is 45.1 Å². The first-order chi connectivity index (χ1) is 21.2. The van der Waals surface area contributed by atoms with Gasteiger partial charge in [-0.05, 0) is 44.9 Å². The van der Waals surface area contributed by atoms with Crippen LogP contribution in [0, 0.1) is 0 Å². The Morgan fingerprint density at radius 1 is 0.750 bits per heavy atom. The van der Waals surface area contributed by atoms with Crippen molar-refractivity contribution in [3.8, 4) is 0 Å². The molecule has 0 aromatic rings. The molecule has 0 spiro atoms. The number of esters is 1. The number of phosphoric ester groups is 1. The van der Waals surface area contributed by atoms with Crippen molar-refractivity contribution in [2.45, 2.75) is 135 Å². The molecule has 44 heavy (non-hydrogen) atoms. The first-order valence-electron chi connectivity index (χ1n) is 16.5. The average Bonchev–Trinajstić information content (AvgIpc) is 2.99. The van der Waals surface area contributed by atoms with Crippen molar-refractivity contribution >= 4 is 19.8 Å². The van der Waals surface area contributed by atoms with E-state index in [2.05, 4.69) is 54.8 Å². The molecular formula is C33H60NO9P. The van der Waals surface area contributed by atoms with Crippen LogP contribution in [0.3, 0.4) is 0 Å². The summed E-state index contributed by atoms with van der Waals surface area (Å²) < 4.78 is 33.0. The smallest absolute Gasteiger partial charge is 0.472 e. The summed E-state index contributed by atoms with van der Waals surface area (Å²) >= 11 is 0. The van der Waals surface area contributed by atoms with Crippen LogP contribution in [0.15, 0.2) is 36.5 Å². The summed E-state index contributed by atoms with van der Waals surface area (Å²) in [6, 6.07) is -1.47. The van der Waals surface area contributed by atoms with Gasteiger partial charge in [0.25, 0.3) is 0 Å². The minimum atomic E-state index is -4.61. The van der Waals surface area contributed by atoms with Crippen LogP contribution in [0.1, 0.15) is 123 Å². The van der Waals surface area contributed by atoms with Gasteiger partial charge >= 0.3 is 19.8 Å². The highest BCUT2D eigenvalue weighted by molar-refractivity contribution is 7.47. The second kappa shape index (κ2) is 29.9. The predicted octanol–water partition coefficient (Wildman–Crippen LogP) is 7.80. The molecule has 0 saturated carbocycles. The Bertz CT molecular complexity index is 847. The average molecular weight is 646 g/mol. The summed E-state index contributed by atoms with van der Waals surface area (Å²) in [4.78, 5) is 33.2. The summed E-state index contributed by atoms with van der Waals surface area (Å²) in [6.45, 7) is 3.67. The maximum Gasteiger partial charge on any atom is 0.472 e. The standard InChI is InChI=1S/C33H60NO9P/c1-3-5-7-9-11-13-14-15-16-17-19-21-23-25-32(35)43-30(28-41-44(38,39)42-29-31(34)33(36)37)27-40-26-24-22-20-18-12-10-8-6-4-2/h5,7,11,13,15-16,30-31H,3-4,6,8-10,12,14,17-29,34H2,1-2H3,(H,36,37)(H,38,39)/b7-5-,13-11-,16-15-. The molecule has 0 bridgehead atoms. The van der Waals surface area contributed by atoms with E-state index in [1.54, 1.807) is 0 Å². The maximum atomic E-state index is 12.5. The Morgan fingerprint density at radius 2 is 1.32 bits per heavy atom. The second-order valence-electron chi connectivity index (χ2n) is 10.9. The van der Waals surface area contributed by atoms with E-state index in [1.807, 2.05) is 0 Å². The largest absolute Gasteiger partial charge is 0.480 e. The lowest BCUT2D eigenvalue weighted by Crippen LogP contribution is -2.34. The fourth-order valence-corrected chi connectivity index (χ4v) is 4.86. The van der Waals surface area contributed by atoms with Crippen LogP contribution in [-0.2, 0) is 32.7 Å². The van der Waals surface area contributed by atoms with Crippen molar-refractivity contribution in [3.63, 3.8) is 0 Å². The van der Waals surface area contributed by atoms with Crippen LogP contribution in [0.25, 0.3) is 0 Å². The summed E-state index contributed by atoms with van der Waals surface area (Å²) in [5.74, 6) is -1.81. The molecule has 11 heteroatoms. The number of hydrogen-bond donors (Lipinski definition) is 3. The van der Waals surface area contributed by atoms with E-state index in [0.717, 1.165) is 57.8 Å². The molecule has 0 fully saturated rings. The predicted molar refractivity (Wildman–Crippen MR) is 175 cm³/mol. The van der Waals surface area contributed by atoms with Gasteiger partial charge in [-0.25, -0.2) is 4.57 Å². The first-order valence-corrected chi connectivity index (χ1v) is 18.0. The van der Waals surface area contributed by atoms with Crippen molar-refractivity contribution in [3.05, 3.63) is 36.5 Å². The summed E-state index contributed by atoms with van der Waals surface area (Å²) in [6.07, 6.45) is 29.2. The topological polar surface area (TPSA) is 155 Å². The Morgan fingerprint density at radius 3 is 1.95 bits per heavy atom. The lowest BCUT2D eigenvalue weighted by atomic mass is 10.1. The molecule has 0 aromatic heterocycles. The van der Waals surface area contributed by atoms with Gasteiger partial charge in [0.05, 0.1) is 19.8 Å². The molecule has 4 N–H and O–H groups in total. The minimum Gasteiger partial charge on any atom is -0.480 e. The van der Waals surface area contributed by atoms with E-state index in [-0.39, 0.29) is 13.0 Å². The molecule has 0 rings (SSSR count). The van der Waals surface area contributed by atoms with Crippen LogP contribution < -0.4 is 5.73 Å². The third-order valence-corrected chi connectivity index (χ3v) is 7.63. The zero-order valence-corrected chi connectivity index (χ0v) is 28.1. The van der Waals surface area contributed by atoms with E-state index >= 15 is 0 Å². The van der Waals surface area contributed by atoms with Crippen LogP contribution in [-0.4, -0.2) is 60.5 Å². The molecule has 0 aliphatic heterocycles. The van der Waals surface area contributed by atoms with Crippen LogP contribution >= 0.6 is 7.82 Å². The van der Waals surface area contributed by atoms with Gasteiger partial charge in [-0.3, -0.25) is 18.6 Å². The molecule has 0 aromatic carbocycles. The fourth-order valence-electron chi connectivity index (χ4n) is 4.09. The number of nitrogens with two attached hydrogens (primary N) is 1. The van der Waals surface area contributed by atoms with Gasteiger partial charge in [0.1, 0.15) is 12.1 Å². The van der Waals surface area contributed by atoms with E-state index in [9.17, 15) is 19.0 Å². The quantitative estimate of drug-likeness (QED) is 0.0294. The Kier molecular flexibility index (Phi) is 28.6. The molecule has 3 atom stereocenters. The fraction of sp³-hybridized carbons (Fsp3) is 0.758. The number of hydrogen-bond acceptors (Lipinski definition) is 8. The number of phosphoric acid groups is 1. The number of aliphatic carboxylic acids is 1. The second-order valence-corrected chi connectivity index (χ2v) is 12.4. The number of carbonyl (C=O) groups is 2. The van der Waals surface area contributed by atoms with Gasteiger partial charge in [-0.2, -0.15) is 0 Å². The van der Waals surface area contributed by atoms with Crippen molar-refractivity contribution < 1.29 is 42.7 Å². The zero-order valence-electron chi connectivity index (χ0n) is 27.2. The Labute approximate surface area is 266 Å². The molecule has 0 saturated heterocycles. The number of carboxylic acids is 1. The maximum absolute atomic E-state index is 12.5. The van der Waals surface area contributed by atoms with E-state index in [0.29, 0.717) is 13.0 Å². The molecule has 3 unspecified atom stereocenters. The summed E-state index contributed by atoms with van der Waals surface area (Å²) in [5.41, 5.74) is 5.31. The third kappa shape index (κ3) is 28.9. The molecule has 0 aliphatic rings. The van der Waals surface area contributed by atoms with Gasteiger partial charge < -0.3 is 25.2 Å². The Balaban J connectivity index is 4.43. The minimum absolute atomic E-state index is 0.00549. The highest BCUT2D eigenvalue weighted by atomic mass is 31.2. The van der Waals surface area contributed by atoms with E-state index in [1.165, 1.54) is 38.5 Å². The molecule has 0 amide bonds. The lowest BCUT2D eigenvalue weighted by molar-refractivity contribution is -0.154. The van der Waals surface area contributed by atoms with Gasteiger partial charge in [0.15, 0.2) is 0 Å².